The molecule has 0 bridgehead atoms. The van der Waals surface area contributed by atoms with Crippen LogP contribution in [0.4, 0.5) is 5.82 Å². The lowest BCUT2D eigenvalue weighted by atomic mass is 10.4. The first-order valence-electron chi connectivity index (χ1n) is 4.50. The van der Waals surface area contributed by atoms with Crippen LogP contribution in [0.3, 0.4) is 0 Å². The molecule has 0 atom stereocenters. The average Bonchev–Trinajstić information content (AvgIpc) is 2.32. The van der Waals surface area contributed by atoms with Crippen molar-refractivity contribution in [3.05, 3.63) is 45.7 Å². The van der Waals surface area contributed by atoms with Crippen molar-refractivity contribution in [3.63, 3.8) is 0 Å². The van der Waals surface area contributed by atoms with Crippen LogP contribution in [0.1, 0.15) is 10.5 Å². The normalized spacial score (nSPS) is 9.94. The molecule has 2 aromatic heterocycles. The van der Waals surface area contributed by atoms with E-state index in [-0.39, 0.29) is 22.2 Å². The van der Waals surface area contributed by atoms with Crippen molar-refractivity contribution >= 4 is 23.3 Å². The summed E-state index contributed by atoms with van der Waals surface area (Å²) in [5, 5.41) is 8.35. The lowest BCUT2D eigenvalue weighted by Gasteiger charge is -2.02. The number of amides is 1. The lowest BCUT2D eigenvalue weighted by Crippen LogP contribution is -2.17. The quantitative estimate of drug-likeness (QED) is 0.808. The predicted molar refractivity (Wildman–Crippen MR) is 59.9 cm³/mol. The van der Waals surface area contributed by atoms with Gasteiger partial charge >= 0.3 is 0 Å². The van der Waals surface area contributed by atoms with Crippen LogP contribution in [0.25, 0.3) is 0 Å². The van der Waals surface area contributed by atoms with E-state index < -0.39 is 5.91 Å². The van der Waals surface area contributed by atoms with E-state index in [1.54, 1.807) is 0 Å². The second-order valence-electron chi connectivity index (χ2n) is 2.99. The number of H-pyrrole nitrogens is 1. The average molecular weight is 252 g/mol. The Balaban J connectivity index is 2.17. The smallest absolute Gasteiger partial charge is 0.277 e. The van der Waals surface area contributed by atoms with Crippen molar-refractivity contribution < 1.29 is 4.79 Å². The van der Waals surface area contributed by atoms with Crippen LogP contribution >= 0.6 is 11.6 Å². The van der Waals surface area contributed by atoms with Gasteiger partial charge in [0, 0.05) is 6.07 Å². The van der Waals surface area contributed by atoms with Crippen LogP contribution < -0.4 is 10.9 Å². The number of nitrogens with one attached hydrogen (secondary N) is 2. The van der Waals surface area contributed by atoms with Crippen LogP contribution in [0.2, 0.25) is 5.15 Å². The molecule has 7 nitrogen and oxygen atoms in total. The van der Waals surface area contributed by atoms with Gasteiger partial charge in [-0.3, -0.25) is 14.6 Å². The number of aromatic amines is 1. The van der Waals surface area contributed by atoms with E-state index in [2.05, 4.69) is 25.5 Å². The molecule has 17 heavy (non-hydrogen) atoms. The van der Waals surface area contributed by atoms with Crippen molar-refractivity contribution in [2.45, 2.75) is 0 Å². The minimum absolute atomic E-state index is 0.0606. The summed E-state index contributed by atoms with van der Waals surface area (Å²) in [6.07, 6.45) is 2.59. The zero-order chi connectivity index (χ0) is 12.3. The van der Waals surface area contributed by atoms with Gasteiger partial charge in [-0.25, -0.2) is 10.1 Å². The van der Waals surface area contributed by atoms with Crippen molar-refractivity contribution in [1.29, 1.82) is 0 Å². The lowest BCUT2D eigenvalue weighted by molar-refractivity contribution is 0.102. The molecular weight excluding hydrogens is 246 g/mol. The van der Waals surface area contributed by atoms with Crippen molar-refractivity contribution in [2.75, 3.05) is 5.32 Å². The molecule has 2 heterocycles. The highest BCUT2D eigenvalue weighted by molar-refractivity contribution is 6.29. The fraction of sp³-hybridized carbons (Fsp3) is 0. The minimum atomic E-state index is -0.514. The Bertz CT molecular complexity index is 592. The molecule has 86 valence electrons. The van der Waals surface area contributed by atoms with Crippen LogP contribution in [-0.4, -0.2) is 26.1 Å². The third kappa shape index (κ3) is 2.85. The molecule has 2 N–H and O–H groups in total. The number of hydrogen-bond donors (Lipinski definition) is 2. The first-order valence-corrected chi connectivity index (χ1v) is 4.87. The zero-order valence-corrected chi connectivity index (χ0v) is 9.10. The van der Waals surface area contributed by atoms with Crippen molar-refractivity contribution in [1.82, 2.24) is 20.2 Å². The van der Waals surface area contributed by atoms with Gasteiger partial charge in [-0.2, -0.15) is 5.10 Å². The number of aromatic nitrogens is 4. The molecule has 0 fully saturated rings. The predicted octanol–water partition coefficient (Wildman–Crippen LogP) is 0.466. The standard InChI is InChI=1S/C9H6ClN5O2/c10-6-4-11-3-5(12-6)9(17)13-7-1-2-8(16)15-14-7/h1-4H,(H,15,16)(H,13,14,17). The zero-order valence-electron chi connectivity index (χ0n) is 8.35. The van der Waals surface area contributed by atoms with Crippen LogP contribution in [0.5, 0.6) is 0 Å². The number of rotatable bonds is 2. The Kier molecular flexibility index (Phi) is 3.10. The van der Waals surface area contributed by atoms with Crippen LogP contribution in [-0.2, 0) is 0 Å². The molecule has 0 aliphatic carbocycles. The van der Waals surface area contributed by atoms with Gasteiger partial charge in [0.25, 0.3) is 11.5 Å². The van der Waals surface area contributed by atoms with Gasteiger partial charge in [0.1, 0.15) is 10.8 Å². The first-order chi connectivity index (χ1) is 8.15. The number of halogens is 1. The number of anilines is 1. The summed E-state index contributed by atoms with van der Waals surface area (Å²) in [6.45, 7) is 0. The number of carbonyl (C=O) groups is 1. The maximum atomic E-state index is 11.6. The monoisotopic (exact) mass is 251 g/mol. The number of hydrogen-bond acceptors (Lipinski definition) is 5. The summed E-state index contributed by atoms with van der Waals surface area (Å²) in [6, 6.07) is 2.61. The van der Waals surface area contributed by atoms with Gasteiger partial charge in [0.15, 0.2) is 5.82 Å². The third-order valence-corrected chi connectivity index (χ3v) is 1.94. The minimum Gasteiger partial charge on any atom is -0.304 e. The third-order valence-electron chi connectivity index (χ3n) is 1.76. The molecule has 0 aliphatic heterocycles. The van der Waals surface area contributed by atoms with Gasteiger partial charge < -0.3 is 5.32 Å². The van der Waals surface area contributed by atoms with E-state index in [1.165, 1.54) is 24.5 Å². The molecule has 2 rings (SSSR count). The largest absolute Gasteiger partial charge is 0.304 e. The summed E-state index contributed by atoms with van der Waals surface area (Å²) < 4.78 is 0. The van der Waals surface area contributed by atoms with E-state index in [4.69, 9.17) is 11.6 Å². The summed E-state index contributed by atoms with van der Waals surface area (Å²) in [5.74, 6) is -0.309. The molecule has 0 aromatic carbocycles. The first kappa shape index (κ1) is 11.2. The topological polar surface area (TPSA) is 101 Å². The molecule has 0 spiro atoms. The molecule has 2 aromatic rings. The maximum Gasteiger partial charge on any atom is 0.277 e. The van der Waals surface area contributed by atoms with E-state index in [1.807, 2.05) is 0 Å². The fourth-order valence-corrected chi connectivity index (χ4v) is 1.19. The Morgan fingerprint density at radius 1 is 1.35 bits per heavy atom. The Hall–Kier alpha value is -2.28. The van der Waals surface area contributed by atoms with E-state index in [0.717, 1.165) is 0 Å². The summed E-state index contributed by atoms with van der Waals surface area (Å²) >= 11 is 5.60. The second kappa shape index (κ2) is 4.71. The maximum absolute atomic E-state index is 11.6. The van der Waals surface area contributed by atoms with E-state index in [0.29, 0.717) is 0 Å². The highest BCUT2D eigenvalue weighted by atomic mass is 35.5. The van der Waals surface area contributed by atoms with Gasteiger partial charge in [0.05, 0.1) is 12.4 Å². The van der Waals surface area contributed by atoms with Gasteiger partial charge in [-0.15, -0.1) is 0 Å². The SMILES string of the molecule is O=C(Nc1ccc(=O)[nH]n1)c1cncc(Cl)n1. The molecule has 0 radical (unpaired) electrons. The molecule has 0 aliphatic rings. The highest BCUT2D eigenvalue weighted by Gasteiger charge is 2.09. The van der Waals surface area contributed by atoms with Crippen molar-refractivity contribution in [2.24, 2.45) is 0 Å². The van der Waals surface area contributed by atoms with Gasteiger partial charge in [0.2, 0.25) is 0 Å². The molecule has 0 saturated carbocycles. The number of nitrogens with zero attached hydrogens (tertiary/aromatic N) is 3. The molecule has 0 unspecified atom stereocenters. The Morgan fingerprint density at radius 2 is 2.18 bits per heavy atom. The van der Waals surface area contributed by atoms with E-state index in [9.17, 15) is 9.59 Å². The van der Waals surface area contributed by atoms with E-state index >= 15 is 0 Å². The summed E-state index contributed by atoms with van der Waals surface area (Å²) in [7, 11) is 0. The highest BCUT2D eigenvalue weighted by Crippen LogP contribution is 2.05. The van der Waals surface area contributed by atoms with Gasteiger partial charge in [-0.05, 0) is 6.07 Å². The van der Waals surface area contributed by atoms with Crippen LogP contribution in [0.15, 0.2) is 29.3 Å². The second-order valence-corrected chi connectivity index (χ2v) is 3.37. The molecule has 0 saturated heterocycles. The summed E-state index contributed by atoms with van der Waals surface area (Å²) in [4.78, 5) is 29.9. The molecular formula is C9H6ClN5O2. The van der Waals surface area contributed by atoms with Gasteiger partial charge in [-0.1, -0.05) is 11.6 Å². The fourth-order valence-electron chi connectivity index (χ4n) is 1.05. The number of carbonyl (C=O) groups excluding carboxylic acids is 1. The Morgan fingerprint density at radius 3 is 2.82 bits per heavy atom. The van der Waals surface area contributed by atoms with Crippen LogP contribution in [0, 0.1) is 0 Å². The molecule has 1 amide bonds. The van der Waals surface area contributed by atoms with Crippen molar-refractivity contribution in [3.8, 4) is 0 Å². The molecule has 8 heteroatoms. The Labute approximate surface area is 99.9 Å². The summed E-state index contributed by atoms with van der Waals surface area (Å²) in [5.41, 5.74) is -0.295.